The smallest absolute Gasteiger partial charge is 0.294 e. The first kappa shape index (κ1) is 16.9. The third-order valence-corrected chi connectivity index (χ3v) is 5.35. The van der Waals surface area contributed by atoms with E-state index in [1.807, 2.05) is 43.0 Å². The first-order valence-corrected chi connectivity index (χ1v) is 9.05. The topological polar surface area (TPSA) is 36.7 Å². The van der Waals surface area contributed by atoms with Crippen molar-refractivity contribution in [3.05, 3.63) is 64.4 Å². The van der Waals surface area contributed by atoms with Gasteiger partial charge in [0, 0.05) is 36.3 Å². The fourth-order valence-electron chi connectivity index (χ4n) is 3.88. The van der Waals surface area contributed by atoms with Crippen LogP contribution in [0.5, 0.6) is 0 Å². The number of furan rings is 1. The number of hydrogen-bond acceptors (Lipinski definition) is 3. The van der Waals surface area contributed by atoms with Crippen molar-refractivity contribution in [1.29, 1.82) is 0 Å². The van der Waals surface area contributed by atoms with Crippen molar-refractivity contribution < 1.29 is 9.21 Å². The lowest BCUT2D eigenvalue weighted by atomic mass is 10.0. The van der Waals surface area contributed by atoms with E-state index in [4.69, 9.17) is 4.42 Å². The van der Waals surface area contributed by atoms with E-state index in [1.165, 1.54) is 5.56 Å². The second kappa shape index (κ2) is 6.29. The fourth-order valence-corrected chi connectivity index (χ4v) is 3.88. The highest BCUT2D eigenvalue weighted by molar-refractivity contribution is 6.09. The standard InChI is InChI=1S/C22H24N2O2/c1-14-9-10-15(2)20-19(14)16(3)21(26-20)22(25)24-12-11-23(4)13-17-7-5-6-8-18(17)24/h5-10H,11-13H2,1-4H3. The van der Waals surface area contributed by atoms with Crippen molar-refractivity contribution in [3.63, 3.8) is 0 Å². The predicted molar refractivity (Wildman–Crippen MR) is 105 cm³/mol. The van der Waals surface area contributed by atoms with Crippen LogP contribution in [0.25, 0.3) is 11.0 Å². The van der Waals surface area contributed by atoms with Gasteiger partial charge in [-0.3, -0.25) is 4.79 Å². The maximum absolute atomic E-state index is 13.4. The molecule has 0 radical (unpaired) electrons. The van der Waals surface area contributed by atoms with Crippen LogP contribution in [0.3, 0.4) is 0 Å². The lowest BCUT2D eigenvalue weighted by molar-refractivity contribution is 0.0960. The van der Waals surface area contributed by atoms with Crippen LogP contribution in [-0.2, 0) is 6.54 Å². The number of likely N-dealkylation sites (N-methyl/N-ethyl adjacent to an activating group) is 1. The van der Waals surface area contributed by atoms with Crippen LogP contribution < -0.4 is 4.90 Å². The van der Waals surface area contributed by atoms with Crippen molar-refractivity contribution in [1.82, 2.24) is 4.90 Å². The number of rotatable bonds is 1. The Balaban J connectivity index is 1.84. The van der Waals surface area contributed by atoms with Gasteiger partial charge in [-0.25, -0.2) is 0 Å². The minimum atomic E-state index is -0.0553. The Morgan fingerprint density at radius 2 is 1.73 bits per heavy atom. The Labute approximate surface area is 154 Å². The Bertz CT molecular complexity index is 1000. The molecule has 4 rings (SSSR count). The molecule has 0 bridgehead atoms. The second-order valence-corrected chi connectivity index (χ2v) is 7.28. The molecule has 134 valence electrons. The number of aryl methyl sites for hydroxylation is 3. The Morgan fingerprint density at radius 1 is 1.00 bits per heavy atom. The average molecular weight is 348 g/mol. The van der Waals surface area contributed by atoms with Crippen molar-refractivity contribution in [2.75, 3.05) is 25.0 Å². The molecule has 26 heavy (non-hydrogen) atoms. The van der Waals surface area contributed by atoms with E-state index in [0.29, 0.717) is 12.3 Å². The summed E-state index contributed by atoms with van der Waals surface area (Å²) in [7, 11) is 2.09. The van der Waals surface area contributed by atoms with Gasteiger partial charge in [0.2, 0.25) is 0 Å². The normalized spacial score (nSPS) is 15.2. The Hall–Kier alpha value is -2.59. The predicted octanol–water partition coefficient (Wildman–Crippen LogP) is 4.45. The number of anilines is 1. The molecule has 2 aromatic carbocycles. The van der Waals surface area contributed by atoms with Crippen LogP contribution in [0.4, 0.5) is 5.69 Å². The van der Waals surface area contributed by atoms with Crippen molar-refractivity contribution >= 4 is 22.6 Å². The third-order valence-electron chi connectivity index (χ3n) is 5.35. The third kappa shape index (κ3) is 2.61. The molecule has 3 aromatic rings. The minimum Gasteiger partial charge on any atom is -0.450 e. The molecule has 2 heterocycles. The van der Waals surface area contributed by atoms with Gasteiger partial charge in [-0.15, -0.1) is 0 Å². The van der Waals surface area contributed by atoms with Crippen LogP contribution in [0.1, 0.15) is 32.8 Å². The van der Waals surface area contributed by atoms with E-state index in [2.05, 4.69) is 31.0 Å². The lowest BCUT2D eigenvalue weighted by Crippen LogP contribution is -2.35. The highest BCUT2D eigenvalue weighted by Gasteiger charge is 2.28. The van der Waals surface area contributed by atoms with Gasteiger partial charge in [0.25, 0.3) is 5.91 Å². The summed E-state index contributed by atoms with van der Waals surface area (Å²) in [4.78, 5) is 17.6. The molecule has 0 N–H and O–H groups in total. The average Bonchev–Trinajstić information content (AvgIpc) is 2.88. The first-order valence-electron chi connectivity index (χ1n) is 9.05. The van der Waals surface area contributed by atoms with E-state index in [9.17, 15) is 4.79 Å². The fraction of sp³-hybridized carbons (Fsp3) is 0.318. The summed E-state index contributed by atoms with van der Waals surface area (Å²) >= 11 is 0. The number of fused-ring (bicyclic) bond motifs is 2. The summed E-state index contributed by atoms with van der Waals surface area (Å²) in [6.45, 7) is 8.40. The molecule has 0 unspecified atom stereocenters. The monoisotopic (exact) mass is 348 g/mol. The van der Waals surface area contributed by atoms with Crippen LogP contribution in [-0.4, -0.2) is 30.9 Å². The number of nitrogens with zero attached hydrogens (tertiary/aromatic N) is 2. The van der Waals surface area contributed by atoms with Gasteiger partial charge >= 0.3 is 0 Å². The van der Waals surface area contributed by atoms with E-state index in [-0.39, 0.29) is 5.91 Å². The van der Waals surface area contributed by atoms with Gasteiger partial charge < -0.3 is 14.2 Å². The number of carbonyl (C=O) groups excluding carboxylic acids is 1. The summed E-state index contributed by atoms with van der Waals surface area (Å²) in [5.41, 5.74) is 6.11. The summed E-state index contributed by atoms with van der Waals surface area (Å²) in [6, 6.07) is 12.3. The van der Waals surface area contributed by atoms with E-state index in [0.717, 1.165) is 46.4 Å². The van der Waals surface area contributed by atoms with Gasteiger partial charge in [0.1, 0.15) is 5.58 Å². The van der Waals surface area contributed by atoms with Crippen LogP contribution in [0, 0.1) is 20.8 Å². The van der Waals surface area contributed by atoms with Crippen molar-refractivity contribution in [2.45, 2.75) is 27.3 Å². The van der Waals surface area contributed by atoms with Crippen LogP contribution in [0.15, 0.2) is 40.8 Å². The molecule has 1 aromatic heterocycles. The molecule has 0 saturated heterocycles. The Kier molecular flexibility index (Phi) is 4.08. The molecule has 0 spiro atoms. The molecule has 0 fully saturated rings. The van der Waals surface area contributed by atoms with Gasteiger partial charge in [0.15, 0.2) is 5.76 Å². The number of hydrogen-bond donors (Lipinski definition) is 0. The minimum absolute atomic E-state index is 0.0553. The second-order valence-electron chi connectivity index (χ2n) is 7.28. The molecule has 1 aliphatic heterocycles. The first-order chi connectivity index (χ1) is 12.5. The largest absolute Gasteiger partial charge is 0.450 e. The van der Waals surface area contributed by atoms with Crippen molar-refractivity contribution in [3.8, 4) is 0 Å². The molecule has 4 heteroatoms. The molecule has 0 aliphatic carbocycles. The number of carbonyl (C=O) groups is 1. The quantitative estimate of drug-likeness (QED) is 0.652. The van der Waals surface area contributed by atoms with Crippen LogP contribution >= 0.6 is 0 Å². The summed E-state index contributed by atoms with van der Waals surface area (Å²) in [6.07, 6.45) is 0. The maximum Gasteiger partial charge on any atom is 0.294 e. The molecule has 0 saturated carbocycles. The highest BCUT2D eigenvalue weighted by atomic mass is 16.3. The van der Waals surface area contributed by atoms with Crippen molar-refractivity contribution in [2.24, 2.45) is 0 Å². The van der Waals surface area contributed by atoms with Gasteiger partial charge in [0.05, 0.1) is 0 Å². The van der Waals surface area contributed by atoms with E-state index >= 15 is 0 Å². The number of benzene rings is 2. The molecule has 1 amide bonds. The van der Waals surface area contributed by atoms with Crippen LogP contribution in [0.2, 0.25) is 0 Å². The van der Waals surface area contributed by atoms with E-state index < -0.39 is 0 Å². The van der Waals surface area contributed by atoms with E-state index in [1.54, 1.807) is 0 Å². The van der Waals surface area contributed by atoms with Gasteiger partial charge in [-0.05, 0) is 50.6 Å². The molecule has 1 aliphatic rings. The molecule has 4 nitrogen and oxygen atoms in total. The summed E-state index contributed by atoms with van der Waals surface area (Å²) in [5, 5.41) is 1.06. The van der Waals surface area contributed by atoms with Gasteiger partial charge in [-0.1, -0.05) is 30.3 Å². The zero-order valence-corrected chi connectivity index (χ0v) is 15.8. The number of para-hydroxylation sites is 1. The zero-order chi connectivity index (χ0) is 18.4. The maximum atomic E-state index is 13.4. The highest BCUT2D eigenvalue weighted by Crippen LogP contribution is 2.33. The lowest BCUT2D eigenvalue weighted by Gasteiger charge is -2.21. The molecular formula is C22H24N2O2. The summed E-state index contributed by atoms with van der Waals surface area (Å²) < 4.78 is 6.10. The molecular weight excluding hydrogens is 324 g/mol. The number of amides is 1. The van der Waals surface area contributed by atoms with Gasteiger partial charge in [-0.2, -0.15) is 0 Å². The summed E-state index contributed by atoms with van der Waals surface area (Å²) in [5.74, 6) is 0.400. The Morgan fingerprint density at radius 3 is 2.50 bits per heavy atom. The SMILES string of the molecule is Cc1ccc(C)c2c(C)c(C(=O)N3CCN(C)Cc4ccccc43)oc12. The molecule has 0 atom stereocenters. The zero-order valence-electron chi connectivity index (χ0n) is 15.8.